The van der Waals surface area contributed by atoms with E-state index in [0.29, 0.717) is 42.7 Å². The number of H-pyrrole nitrogens is 1. The van der Waals surface area contributed by atoms with E-state index in [4.69, 9.17) is 10.5 Å². The van der Waals surface area contributed by atoms with Crippen LogP contribution in [0.1, 0.15) is 45.6 Å². The van der Waals surface area contributed by atoms with Crippen LogP contribution >= 0.6 is 0 Å². The number of rotatable bonds is 11. The first-order valence-corrected chi connectivity index (χ1v) is 11.4. The second kappa shape index (κ2) is 11.4. The summed E-state index contributed by atoms with van der Waals surface area (Å²) in [6.45, 7) is 7.78. The number of aromatic nitrogens is 3. The molecule has 3 N–H and O–H groups in total. The third-order valence-electron chi connectivity index (χ3n) is 5.44. The van der Waals surface area contributed by atoms with E-state index < -0.39 is 11.2 Å². The molecule has 8 nitrogen and oxygen atoms in total. The summed E-state index contributed by atoms with van der Waals surface area (Å²) in [4.78, 5) is 33.8. The summed E-state index contributed by atoms with van der Waals surface area (Å²) in [6, 6.07) is 11.3. The van der Waals surface area contributed by atoms with Crippen LogP contribution in [0.2, 0.25) is 0 Å². The van der Waals surface area contributed by atoms with Crippen LogP contribution < -0.4 is 26.6 Å². The maximum absolute atomic E-state index is 12.9. The van der Waals surface area contributed by atoms with Crippen molar-refractivity contribution in [2.75, 3.05) is 17.2 Å². The Bertz CT molecular complexity index is 1150. The van der Waals surface area contributed by atoms with Crippen molar-refractivity contribution in [1.82, 2.24) is 14.5 Å². The predicted molar refractivity (Wildman–Crippen MR) is 132 cm³/mol. The van der Waals surface area contributed by atoms with Crippen LogP contribution in [0, 0.1) is 5.92 Å². The Morgan fingerprint density at radius 3 is 2.67 bits per heavy atom. The van der Waals surface area contributed by atoms with E-state index in [0.717, 1.165) is 24.8 Å². The Kier molecular flexibility index (Phi) is 8.29. The molecule has 0 aliphatic rings. The molecule has 0 aliphatic heterocycles. The van der Waals surface area contributed by atoms with Gasteiger partial charge < -0.3 is 15.4 Å². The Hall–Kier alpha value is -3.55. The molecule has 8 heteroatoms. The molecule has 0 saturated heterocycles. The molecule has 0 amide bonds. The molecule has 176 valence electrons. The molecule has 0 bridgehead atoms. The van der Waals surface area contributed by atoms with Crippen LogP contribution in [0.4, 0.5) is 11.5 Å². The molecule has 3 aromatic rings. The molecule has 2 heterocycles. The van der Waals surface area contributed by atoms with Gasteiger partial charge in [-0.15, -0.1) is 0 Å². The summed E-state index contributed by atoms with van der Waals surface area (Å²) in [6.07, 6.45) is 5.91. The smallest absolute Gasteiger partial charge is 0.330 e. The quantitative estimate of drug-likeness (QED) is 0.453. The van der Waals surface area contributed by atoms with Gasteiger partial charge in [-0.2, -0.15) is 0 Å². The highest BCUT2D eigenvalue weighted by Gasteiger charge is 2.21. The molecule has 3 rings (SSSR count). The summed E-state index contributed by atoms with van der Waals surface area (Å²) < 4.78 is 7.53. The van der Waals surface area contributed by atoms with Crippen molar-refractivity contribution in [2.24, 2.45) is 5.92 Å². The zero-order valence-corrected chi connectivity index (χ0v) is 19.6. The topological polar surface area (TPSA) is 106 Å². The monoisotopic (exact) mass is 451 g/mol. The highest BCUT2D eigenvalue weighted by atomic mass is 16.5. The average Bonchev–Trinajstić information content (AvgIpc) is 2.79. The lowest BCUT2D eigenvalue weighted by atomic mass is 10.1. The van der Waals surface area contributed by atoms with Crippen molar-refractivity contribution in [3.05, 3.63) is 75.2 Å². The molecule has 2 aromatic heterocycles. The van der Waals surface area contributed by atoms with Crippen molar-refractivity contribution in [2.45, 2.75) is 53.1 Å². The first-order chi connectivity index (χ1) is 15.9. The number of benzene rings is 1. The number of anilines is 2. The van der Waals surface area contributed by atoms with Gasteiger partial charge >= 0.3 is 5.69 Å². The van der Waals surface area contributed by atoms with Gasteiger partial charge in [-0.05, 0) is 37.0 Å². The van der Waals surface area contributed by atoms with Gasteiger partial charge in [-0.25, -0.2) is 4.79 Å². The van der Waals surface area contributed by atoms with Gasteiger partial charge in [0.1, 0.15) is 23.0 Å². The maximum atomic E-state index is 12.9. The molecule has 0 spiro atoms. The van der Waals surface area contributed by atoms with Crippen molar-refractivity contribution < 1.29 is 4.74 Å². The van der Waals surface area contributed by atoms with E-state index in [1.165, 1.54) is 4.57 Å². The van der Waals surface area contributed by atoms with Crippen LogP contribution in [0.3, 0.4) is 0 Å². The predicted octanol–water partition coefficient (Wildman–Crippen LogP) is 4.16. The fourth-order valence-corrected chi connectivity index (χ4v) is 3.58. The molecule has 1 aromatic carbocycles. The minimum absolute atomic E-state index is 0.201. The molecule has 0 fully saturated rings. The lowest BCUT2D eigenvalue weighted by Gasteiger charge is -2.28. The largest absolute Gasteiger partial charge is 0.455 e. The van der Waals surface area contributed by atoms with Gasteiger partial charge in [0.05, 0.1) is 6.20 Å². The third-order valence-corrected chi connectivity index (χ3v) is 5.44. The molecular weight excluding hydrogens is 418 g/mol. The van der Waals surface area contributed by atoms with Crippen LogP contribution in [-0.2, 0) is 13.1 Å². The van der Waals surface area contributed by atoms with E-state index in [2.05, 4.69) is 23.8 Å². The first-order valence-electron chi connectivity index (χ1n) is 11.4. The van der Waals surface area contributed by atoms with Gasteiger partial charge in [0.2, 0.25) is 0 Å². The molecule has 0 aliphatic carbocycles. The third kappa shape index (κ3) is 6.25. The fourth-order valence-electron chi connectivity index (χ4n) is 3.58. The molecule has 0 saturated carbocycles. The number of unbranched alkanes of at least 4 members (excludes halogenated alkanes) is 1. The molecule has 0 radical (unpaired) electrons. The number of nitrogens with zero attached hydrogens (tertiary/aromatic N) is 3. The number of pyridine rings is 1. The summed E-state index contributed by atoms with van der Waals surface area (Å²) in [5.41, 5.74) is 6.68. The number of hydrogen-bond acceptors (Lipinski definition) is 6. The first kappa shape index (κ1) is 24.1. The van der Waals surface area contributed by atoms with Crippen molar-refractivity contribution in [1.29, 1.82) is 0 Å². The minimum Gasteiger partial charge on any atom is -0.455 e. The lowest BCUT2D eigenvalue weighted by Crippen LogP contribution is -2.39. The van der Waals surface area contributed by atoms with Crippen molar-refractivity contribution in [3.63, 3.8) is 0 Å². The number of hydrogen-bond donors (Lipinski definition) is 2. The minimum atomic E-state index is -0.473. The Morgan fingerprint density at radius 1 is 1.18 bits per heavy atom. The fraction of sp³-hybridized carbons (Fsp3) is 0.400. The highest BCUT2D eigenvalue weighted by molar-refractivity contribution is 5.63. The number of ether oxygens (including phenoxy) is 1. The molecule has 0 unspecified atom stereocenters. The van der Waals surface area contributed by atoms with E-state index in [1.807, 2.05) is 48.2 Å². The number of para-hydroxylation sites is 1. The highest BCUT2D eigenvalue weighted by Crippen LogP contribution is 2.28. The number of aromatic amines is 1. The Labute approximate surface area is 194 Å². The second-order valence-corrected chi connectivity index (χ2v) is 8.50. The van der Waals surface area contributed by atoms with Crippen LogP contribution in [0.5, 0.6) is 11.5 Å². The van der Waals surface area contributed by atoms with E-state index in [9.17, 15) is 9.59 Å². The standard InChI is InChI=1S/C25H33N5O3/c1-4-5-14-30-23(26)22(24(31)28-25(30)32)29(15-12-18(2)3)17-19-9-6-7-11-21(19)33-20-10-8-13-27-16-20/h6-11,13,16,18H,4-5,12,14-15,17,26H2,1-3H3,(H,28,31,32). The van der Waals surface area contributed by atoms with Crippen molar-refractivity contribution >= 4 is 11.5 Å². The molecule has 0 atom stereocenters. The SMILES string of the molecule is CCCCn1c(N)c(N(CCC(C)C)Cc2ccccc2Oc2cccnc2)c(=O)[nH]c1=O. The lowest BCUT2D eigenvalue weighted by molar-refractivity contribution is 0.472. The summed E-state index contributed by atoms with van der Waals surface area (Å²) >= 11 is 0. The second-order valence-electron chi connectivity index (χ2n) is 8.50. The van der Waals surface area contributed by atoms with Gasteiger partial charge in [0.15, 0.2) is 0 Å². The van der Waals surface area contributed by atoms with E-state index >= 15 is 0 Å². The van der Waals surface area contributed by atoms with Gasteiger partial charge in [-0.1, -0.05) is 45.4 Å². The Balaban J connectivity index is 2.00. The maximum Gasteiger partial charge on any atom is 0.330 e. The van der Waals surface area contributed by atoms with E-state index in [-0.39, 0.29) is 5.82 Å². The zero-order chi connectivity index (χ0) is 23.8. The van der Waals surface area contributed by atoms with Gasteiger partial charge in [-0.3, -0.25) is 19.3 Å². The summed E-state index contributed by atoms with van der Waals surface area (Å²) in [5, 5.41) is 0. The van der Waals surface area contributed by atoms with Gasteiger partial charge in [0, 0.05) is 31.4 Å². The van der Waals surface area contributed by atoms with Crippen LogP contribution in [0.15, 0.2) is 58.4 Å². The summed E-state index contributed by atoms with van der Waals surface area (Å²) in [5.74, 6) is 1.94. The number of nitrogen functional groups attached to an aromatic ring is 1. The normalized spacial score (nSPS) is 11.0. The van der Waals surface area contributed by atoms with Crippen molar-refractivity contribution in [3.8, 4) is 11.5 Å². The zero-order valence-electron chi connectivity index (χ0n) is 19.6. The molecule has 33 heavy (non-hydrogen) atoms. The molecular formula is C25H33N5O3. The average molecular weight is 452 g/mol. The van der Waals surface area contributed by atoms with Crippen LogP contribution in [-0.4, -0.2) is 21.1 Å². The van der Waals surface area contributed by atoms with E-state index in [1.54, 1.807) is 12.4 Å². The Morgan fingerprint density at radius 2 is 1.97 bits per heavy atom. The van der Waals surface area contributed by atoms with Gasteiger partial charge in [0.25, 0.3) is 5.56 Å². The summed E-state index contributed by atoms with van der Waals surface area (Å²) in [7, 11) is 0. The van der Waals surface area contributed by atoms with Crippen LogP contribution in [0.25, 0.3) is 0 Å². The number of nitrogens with one attached hydrogen (secondary N) is 1. The number of nitrogens with two attached hydrogens (primary N) is 1.